The van der Waals surface area contributed by atoms with Gasteiger partial charge in [-0.15, -0.1) is 0 Å². The molecular weight excluding hydrogens is 417 g/mol. The third kappa shape index (κ3) is 6.70. The molecule has 0 aromatic rings. The van der Waals surface area contributed by atoms with Crippen LogP contribution in [-0.2, 0) is 21.7 Å². The van der Waals surface area contributed by atoms with Crippen molar-refractivity contribution < 1.29 is 21.7 Å². The van der Waals surface area contributed by atoms with Crippen molar-refractivity contribution in [3.8, 4) is 0 Å². The van der Waals surface area contributed by atoms with Gasteiger partial charge in [0, 0.05) is 33.8 Å². The van der Waals surface area contributed by atoms with Crippen LogP contribution in [0.25, 0.3) is 0 Å². The second-order valence-corrected chi connectivity index (χ2v) is 13.5. The van der Waals surface area contributed by atoms with Gasteiger partial charge in [0.05, 0.1) is 0 Å². The van der Waals surface area contributed by atoms with Crippen molar-refractivity contribution in [2.75, 3.05) is 0 Å². The quantitative estimate of drug-likeness (QED) is 0.220. The van der Waals surface area contributed by atoms with E-state index < -0.39 is 7.05 Å². The molecule has 3 heteroatoms. The summed E-state index contributed by atoms with van der Waals surface area (Å²) < 4.78 is 5.89. The van der Waals surface area contributed by atoms with Gasteiger partial charge in [-0.25, -0.2) is 0 Å². The van der Waals surface area contributed by atoms with Gasteiger partial charge in [-0.2, -0.15) is 0 Å². The van der Waals surface area contributed by atoms with Crippen molar-refractivity contribution in [2.45, 2.75) is 120 Å². The summed E-state index contributed by atoms with van der Waals surface area (Å²) in [5, 5.41) is 0. The SMILES string of the molecule is C1=CCC(N=P(C2CCCCC2)(C2CCCCC2)C2CCCCC2)=C1.C=CC=C.[Ti]. The van der Waals surface area contributed by atoms with Crippen LogP contribution in [0, 0.1) is 0 Å². The normalized spacial score (nSPS) is 23.5. The Labute approximate surface area is 201 Å². The molecule has 0 radical (unpaired) electrons. The predicted octanol–water partition coefficient (Wildman–Crippen LogP) is 9.39. The largest absolute Gasteiger partial charge is 0.271 e. The average molecular weight is 461 g/mol. The molecule has 0 saturated heterocycles. The Morgan fingerprint density at radius 3 is 1.40 bits per heavy atom. The smallest absolute Gasteiger partial charge is 0.0425 e. The average Bonchev–Trinajstić information content (AvgIpc) is 3.32. The monoisotopic (exact) mass is 461 g/mol. The van der Waals surface area contributed by atoms with E-state index in [2.05, 4.69) is 31.4 Å². The summed E-state index contributed by atoms with van der Waals surface area (Å²) in [7, 11) is -1.25. The Balaban J connectivity index is 0.000000591. The molecule has 1 nitrogen and oxygen atoms in total. The van der Waals surface area contributed by atoms with E-state index in [1.54, 1.807) is 12.2 Å². The summed E-state index contributed by atoms with van der Waals surface area (Å²) in [6, 6.07) is 0. The summed E-state index contributed by atoms with van der Waals surface area (Å²) >= 11 is 0. The molecular formula is C27H44NPTi. The summed E-state index contributed by atoms with van der Waals surface area (Å²) in [6.07, 6.45) is 33.7. The van der Waals surface area contributed by atoms with Gasteiger partial charge in [0.15, 0.2) is 0 Å². The number of allylic oxidation sites excluding steroid dienone is 5. The molecule has 0 amide bonds. The van der Waals surface area contributed by atoms with E-state index in [4.69, 9.17) is 4.74 Å². The number of rotatable bonds is 5. The van der Waals surface area contributed by atoms with Gasteiger partial charge in [-0.1, -0.05) is 95.2 Å². The maximum Gasteiger partial charge on any atom is 0.0425 e. The van der Waals surface area contributed by atoms with Crippen LogP contribution in [0.4, 0.5) is 0 Å². The molecule has 30 heavy (non-hydrogen) atoms. The molecule has 0 bridgehead atoms. The van der Waals surface area contributed by atoms with Crippen LogP contribution in [0.2, 0.25) is 0 Å². The van der Waals surface area contributed by atoms with E-state index >= 15 is 0 Å². The van der Waals surface area contributed by atoms with Crippen molar-refractivity contribution in [1.82, 2.24) is 0 Å². The topological polar surface area (TPSA) is 12.4 Å². The van der Waals surface area contributed by atoms with Crippen molar-refractivity contribution in [2.24, 2.45) is 4.74 Å². The molecule has 0 heterocycles. The Morgan fingerprint density at radius 2 is 1.10 bits per heavy atom. The molecule has 0 aromatic carbocycles. The molecule has 0 unspecified atom stereocenters. The molecule has 0 atom stereocenters. The number of hydrogen-bond donors (Lipinski definition) is 0. The van der Waals surface area contributed by atoms with Crippen molar-refractivity contribution in [3.63, 3.8) is 0 Å². The zero-order valence-corrected chi connectivity index (χ0v) is 21.7. The maximum atomic E-state index is 5.89. The second kappa shape index (κ2) is 14.1. The van der Waals surface area contributed by atoms with Crippen LogP contribution in [0.1, 0.15) is 103 Å². The molecule has 4 rings (SSSR count). The minimum absolute atomic E-state index is 0. The first kappa shape index (κ1) is 26.2. The van der Waals surface area contributed by atoms with Gasteiger partial charge in [-0.05, 0) is 68.6 Å². The maximum absolute atomic E-state index is 5.89. The molecule has 0 N–H and O–H groups in total. The van der Waals surface area contributed by atoms with Gasteiger partial charge in [0.25, 0.3) is 0 Å². The van der Waals surface area contributed by atoms with Crippen LogP contribution in [0.5, 0.6) is 0 Å². The van der Waals surface area contributed by atoms with E-state index in [0.29, 0.717) is 0 Å². The van der Waals surface area contributed by atoms with E-state index in [9.17, 15) is 0 Å². The molecule has 0 aliphatic heterocycles. The Morgan fingerprint density at radius 1 is 0.700 bits per heavy atom. The van der Waals surface area contributed by atoms with Crippen LogP contribution in [-0.4, -0.2) is 17.0 Å². The van der Waals surface area contributed by atoms with E-state index in [-0.39, 0.29) is 21.7 Å². The van der Waals surface area contributed by atoms with Crippen LogP contribution in [0.15, 0.2) is 54.0 Å². The summed E-state index contributed by atoms with van der Waals surface area (Å²) in [5.74, 6) is 0. The number of nitrogens with zero attached hydrogens (tertiary/aromatic N) is 1. The van der Waals surface area contributed by atoms with Gasteiger partial charge in [0.2, 0.25) is 0 Å². The minimum atomic E-state index is -1.25. The van der Waals surface area contributed by atoms with Crippen molar-refractivity contribution in [3.05, 3.63) is 49.2 Å². The van der Waals surface area contributed by atoms with Crippen LogP contribution < -0.4 is 0 Å². The molecule has 0 aromatic heterocycles. The molecule has 3 saturated carbocycles. The molecule has 4 aliphatic carbocycles. The summed E-state index contributed by atoms with van der Waals surface area (Å²) in [4.78, 5) is 0. The molecule has 166 valence electrons. The first-order chi connectivity index (χ1) is 14.3. The van der Waals surface area contributed by atoms with Gasteiger partial charge < -0.3 is 0 Å². The van der Waals surface area contributed by atoms with Crippen molar-refractivity contribution in [1.29, 1.82) is 0 Å². The van der Waals surface area contributed by atoms with Crippen LogP contribution in [0.3, 0.4) is 0 Å². The van der Waals surface area contributed by atoms with E-state index in [1.165, 1.54) is 102 Å². The fourth-order valence-electron chi connectivity index (χ4n) is 6.36. The van der Waals surface area contributed by atoms with E-state index in [1.807, 2.05) is 0 Å². The van der Waals surface area contributed by atoms with Gasteiger partial charge in [0.1, 0.15) is 0 Å². The fourth-order valence-corrected chi connectivity index (χ4v) is 12.8. The summed E-state index contributed by atoms with van der Waals surface area (Å²) in [5.41, 5.74) is 4.40. The Bertz CT molecular complexity index is 571. The Kier molecular flexibility index (Phi) is 12.3. The molecule has 0 spiro atoms. The molecule has 4 aliphatic rings. The first-order valence-corrected chi connectivity index (χ1v) is 14.5. The first-order valence-electron chi connectivity index (χ1n) is 12.5. The second-order valence-electron chi connectivity index (χ2n) is 9.53. The van der Waals surface area contributed by atoms with Crippen LogP contribution >= 0.6 is 7.05 Å². The van der Waals surface area contributed by atoms with Crippen molar-refractivity contribution >= 4 is 7.05 Å². The zero-order chi connectivity index (χ0) is 20.4. The van der Waals surface area contributed by atoms with Gasteiger partial charge in [-0.3, -0.25) is 4.74 Å². The summed E-state index contributed by atoms with van der Waals surface area (Å²) in [6.45, 7) is 6.72. The van der Waals surface area contributed by atoms with Gasteiger partial charge >= 0.3 is 0 Å². The standard InChI is InChI=1S/C23H38NP.C4H6.Ti/c1-4-14-21(15-5-1)25(22-16-6-2-7-17-22,23-18-8-3-9-19-23)24-20-12-10-11-13-20;1-3-4-2;/h10-12,21-23H,1-9,13-19H2;3-4H,1-2H2;. The fraction of sp³-hybridized carbons (Fsp3) is 0.704. The predicted molar refractivity (Wildman–Crippen MR) is 132 cm³/mol. The third-order valence-electron chi connectivity index (χ3n) is 7.70. The molecule has 3 fully saturated rings. The zero-order valence-electron chi connectivity index (χ0n) is 19.2. The van der Waals surface area contributed by atoms with E-state index in [0.717, 1.165) is 23.4 Å². The third-order valence-corrected chi connectivity index (χ3v) is 13.4. The number of hydrogen-bond acceptors (Lipinski definition) is 1. The minimum Gasteiger partial charge on any atom is -0.271 e. The Hall–Kier alpha value is -0.0957.